The predicted octanol–water partition coefficient (Wildman–Crippen LogP) is 4.46. The van der Waals surface area contributed by atoms with Gasteiger partial charge in [0.2, 0.25) is 5.91 Å². The van der Waals surface area contributed by atoms with Gasteiger partial charge in [-0.05, 0) is 36.0 Å². The third kappa shape index (κ3) is 4.41. The van der Waals surface area contributed by atoms with Crippen LogP contribution in [0.1, 0.15) is 37.7 Å². The van der Waals surface area contributed by atoms with Gasteiger partial charge in [-0.3, -0.25) is 14.8 Å². The van der Waals surface area contributed by atoms with E-state index in [-0.39, 0.29) is 15.2 Å². The number of fused-ring (bicyclic) bond motifs is 1. The Bertz CT molecular complexity index is 982. The molecule has 0 aromatic heterocycles. The summed E-state index contributed by atoms with van der Waals surface area (Å²) in [6, 6.07) is 9.89. The van der Waals surface area contributed by atoms with Crippen LogP contribution in [-0.2, 0) is 9.59 Å². The number of likely N-dealkylation sites (tertiary alicyclic amines) is 1. The fourth-order valence-electron chi connectivity index (χ4n) is 4.75. The zero-order chi connectivity index (χ0) is 22.0. The van der Waals surface area contributed by atoms with E-state index in [4.69, 9.17) is 5.21 Å². The maximum Gasteiger partial charge on any atom is 0.266 e. The standard InChI is InChI=1S/C25H27IN2O3/c1-2-22(23(29)27-31)28-16-25(26)15-18(10-13-21(25)24(28)30)14-17-8-11-20(12-9-17)19-6-4-3-5-7-19/h3-11,13,15,20-22,31H,2,12,14,16H2,1H3,(H,27,29)/t20?,21?,22-,25?/m0/s1. The van der Waals surface area contributed by atoms with Crippen LogP contribution in [0, 0.1) is 5.92 Å². The zero-order valence-electron chi connectivity index (χ0n) is 17.5. The summed E-state index contributed by atoms with van der Waals surface area (Å²) in [5.41, 5.74) is 5.51. The number of nitrogens with one attached hydrogen (secondary N) is 1. The van der Waals surface area contributed by atoms with Crippen LogP contribution in [0.3, 0.4) is 0 Å². The molecule has 1 aromatic carbocycles. The summed E-state index contributed by atoms with van der Waals surface area (Å²) in [4.78, 5) is 26.6. The quantitative estimate of drug-likeness (QED) is 0.247. The van der Waals surface area contributed by atoms with E-state index in [1.54, 1.807) is 10.4 Å². The van der Waals surface area contributed by atoms with E-state index in [2.05, 4.69) is 71.2 Å². The molecular formula is C25H27IN2O3. The first-order valence-corrected chi connectivity index (χ1v) is 11.8. The second kappa shape index (κ2) is 9.12. The number of carbonyl (C=O) groups is 2. The molecule has 1 aliphatic heterocycles. The van der Waals surface area contributed by atoms with Crippen LogP contribution in [-0.4, -0.2) is 37.9 Å². The molecule has 6 heteroatoms. The number of alkyl halides is 1. The molecule has 0 saturated carbocycles. The van der Waals surface area contributed by atoms with Gasteiger partial charge in [0.25, 0.3) is 5.91 Å². The lowest BCUT2D eigenvalue weighted by Gasteiger charge is -2.28. The molecule has 4 rings (SSSR count). The van der Waals surface area contributed by atoms with Crippen molar-refractivity contribution in [1.82, 2.24) is 10.4 Å². The normalized spacial score (nSPS) is 28.1. The number of hydroxylamine groups is 1. The first kappa shape index (κ1) is 22.0. The van der Waals surface area contributed by atoms with Gasteiger partial charge < -0.3 is 4.90 Å². The molecule has 0 spiro atoms. The third-order valence-electron chi connectivity index (χ3n) is 6.40. The number of hydrogen-bond acceptors (Lipinski definition) is 3. The number of nitrogens with zero attached hydrogens (tertiary/aromatic N) is 1. The van der Waals surface area contributed by atoms with Gasteiger partial charge in [-0.2, -0.15) is 0 Å². The molecule has 0 bridgehead atoms. The van der Waals surface area contributed by atoms with Crippen molar-refractivity contribution in [2.75, 3.05) is 6.54 Å². The van der Waals surface area contributed by atoms with Crippen LogP contribution in [0.5, 0.6) is 0 Å². The van der Waals surface area contributed by atoms with E-state index in [1.165, 1.54) is 16.7 Å². The summed E-state index contributed by atoms with van der Waals surface area (Å²) < 4.78 is -0.381. The predicted molar refractivity (Wildman–Crippen MR) is 129 cm³/mol. The van der Waals surface area contributed by atoms with E-state index in [0.717, 1.165) is 12.8 Å². The Morgan fingerprint density at radius 2 is 2.00 bits per heavy atom. The van der Waals surface area contributed by atoms with Crippen molar-refractivity contribution in [2.45, 2.75) is 41.6 Å². The smallest absolute Gasteiger partial charge is 0.266 e. The Hall–Kier alpha value is -2.19. The molecule has 5 nitrogen and oxygen atoms in total. The van der Waals surface area contributed by atoms with Gasteiger partial charge in [-0.1, -0.05) is 96.3 Å². The van der Waals surface area contributed by atoms with E-state index < -0.39 is 11.9 Å². The van der Waals surface area contributed by atoms with Crippen LogP contribution in [0.4, 0.5) is 0 Å². The highest BCUT2D eigenvalue weighted by Crippen LogP contribution is 2.44. The average Bonchev–Trinajstić information content (AvgIpc) is 3.05. The van der Waals surface area contributed by atoms with Crippen LogP contribution < -0.4 is 5.48 Å². The Morgan fingerprint density at radius 3 is 2.65 bits per heavy atom. The molecule has 2 N–H and O–H groups in total. The summed E-state index contributed by atoms with van der Waals surface area (Å²) in [5.74, 6) is -0.450. The summed E-state index contributed by atoms with van der Waals surface area (Å²) >= 11 is 2.36. The summed E-state index contributed by atoms with van der Waals surface area (Å²) in [6.07, 6.45) is 15.3. The van der Waals surface area contributed by atoms with Crippen molar-refractivity contribution in [1.29, 1.82) is 0 Å². The number of benzene rings is 1. The van der Waals surface area contributed by atoms with Gasteiger partial charge in [0.1, 0.15) is 6.04 Å². The summed E-state index contributed by atoms with van der Waals surface area (Å²) in [6.45, 7) is 2.30. The molecule has 1 fully saturated rings. The van der Waals surface area contributed by atoms with Crippen LogP contribution in [0.2, 0.25) is 0 Å². The van der Waals surface area contributed by atoms with E-state index >= 15 is 0 Å². The molecule has 162 valence electrons. The topological polar surface area (TPSA) is 69.6 Å². The molecule has 4 atom stereocenters. The number of halogens is 1. The summed E-state index contributed by atoms with van der Waals surface area (Å²) in [5, 5.41) is 9.04. The number of rotatable bonds is 6. The molecule has 1 saturated heterocycles. The number of hydrogen-bond donors (Lipinski definition) is 2. The lowest BCUT2D eigenvalue weighted by atomic mass is 9.84. The lowest BCUT2D eigenvalue weighted by Crippen LogP contribution is -2.47. The van der Waals surface area contributed by atoms with E-state index in [1.807, 2.05) is 25.1 Å². The van der Waals surface area contributed by atoms with Crippen molar-refractivity contribution in [2.24, 2.45) is 5.92 Å². The maximum atomic E-state index is 13.0. The minimum absolute atomic E-state index is 0.0566. The first-order chi connectivity index (χ1) is 14.9. The van der Waals surface area contributed by atoms with Gasteiger partial charge in [0, 0.05) is 12.5 Å². The van der Waals surface area contributed by atoms with Crippen molar-refractivity contribution in [3.05, 3.63) is 83.5 Å². The van der Waals surface area contributed by atoms with Gasteiger partial charge in [-0.25, -0.2) is 5.48 Å². The van der Waals surface area contributed by atoms with Crippen molar-refractivity contribution >= 4 is 34.4 Å². The largest absolute Gasteiger partial charge is 0.328 e. The minimum atomic E-state index is -0.654. The SMILES string of the molecule is CC[C@@H](C(=O)NO)N1CC2(I)C=C(CC3=CCC(c4ccccc4)C=C3)C=CC2C1=O. The fraction of sp³-hybridized carbons (Fsp3) is 0.360. The Balaban J connectivity index is 1.46. The second-order valence-electron chi connectivity index (χ2n) is 8.42. The molecule has 3 aliphatic rings. The van der Waals surface area contributed by atoms with Gasteiger partial charge in [0.05, 0.1) is 9.34 Å². The fourth-order valence-corrected chi connectivity index (χ4v) is 5.99. The van der Waals surface area contributed by atoms with Gasteiger partial charge in [-0.15, -0.1) is 0 Å². The van der Waals surface area contributed by atoms with Gasteiger partial charge in [0.15, 0.2) is 0 Å². The molecule has 0 radical (unpaired) electrons. The highest BCUT2D eigenvalue weighted by atomic mass is 127. The Kier molecular flexibility index (Phi) is 6.48. The van der Waals surface area contributed by atoms with Gasteiger partial charge >= 0.3 is 0 Å². The molecule has 1 heterocycles. The highest BCUT2D eigenvalue weighted by Gasteiger charge is 2.52. The highest BCUT2D eigenvalue weighted by molar-refractivity contribution is 14.1. The molecule has 2 amide bonds. The molecular weight excluding hydrogens is 503 g/mol. The van der Waals surface area contributed by atoms with Crippen molar-refractivity contribution < 1.29 is 14.8 Å². The number of amides is 2. The first-order valence-electron chi connectivity index (χ1n) is 10.7. The second-order valence-corrected chi connectivity index (χ2v) is 10.4. The Labute approximate surface area is 196 Å². The molecule has 3 unspecified atom stereocenters. The van der Waals surface area contributed by atoms with Crippen molar-refractivity contribution in [3.63, 3.8) is 0 Å². The minimum Gasteiger partial charge on any atom is -0.328 e. The van der Waals surface area contributed by atoms with E-state index in [9.17, 15) is 9.59 Å². The molecule has 2 aliphatic carbocycles. The van der Waals surface area contributed by atoms with Crippen LogP contribution >= 0.6 is 22.6 Å². The van der Waals surface area contributed by atoms with Crippen LogP contribution in [0.25, 0.3) is 0 Å². The Morgan fingerprint density at radius 1 is 1.26 bits per heavy atom. The molecule has 1 aromatic rings. The third-order valence-corrected chi connectivity index (χ3v) is 7.72. The van der Waals surface area contributed by atoms with E-state index in [0.29, 0.717) is 18.9 Å². The average molecular weight is 530 g/mol. The summed E-state index contributed by atoms with van der Waals surface area (Å²) in [7, 11) is 0. The lowest BCUT2D eigenvalue weighted by molar-refractivity contribution is -0.143. The number of allylic oxidation sites excluding steroid dienone is 6. The van der Waals surface area contributed by atoms with Crippen molar-refractivity contribution in [3.8, 4) is 0 Å². The van der Waals surface area contributed by atoms with Crippen LogP contribution in [0.15, 0.2) is 77.9 Å². The maximum absolute atomic E-state index is 13.0. The molecule has 31 heavy (non-hydrogen) atoms. The monoisotopic (exact) mass is 530 g/mol. The zero-order valence-corrected chi connectivity index (χ0v) is 19.7. The number of carbonyl (C=O) groups excluding carboxylic acids is 2.